The summed E-state index contributed by atoms with van der Waals surface area (Å²) in [6.45, 7) is 1.91. The molecule has 3 rings (SSSR count). The van der Waals surface area contributed by atoms with Crippen molar-refractivity contribution in [2.45, 2.75) is 32.6 Å². The fraction of sp³-hybridized carbons (Fsp3) is 0.375. The van der Waals surface area contributed by atoms with Gasteiger partial charge in [-0.1, -0.05) is 12.1 Å². The van der Waals surface area contributed by atoms with Gasteiger partial charge in [-0.05, 0) is 49.8 Å². The minimum Gasteiger partial charge on any atom is -0.373 e. The Morgan fingerprint density at radius 3 is 2.70 bits per heavy atom. The Bertz CT molecular complexity index is 622. The molecular weight excluding hydrogens is 248 g/mol. The van der Waals surface area contributed by atoms with Gasteiger partial charge in [-0.25, -0.2) is 9.97 Å². The van der Waals surface area contributed by atoms with Crippen LogP contribution in [-0.2, 0) is 12.8 Å². The van der Waals surface area contributed by atoms with E-state index in [4.69, 9.17) is 0 Å². The van der Waals surface area contributed by atoms with Crippen molar-refractivity contribution < 1.29 is 0 Å². The molecule has 0 atom stereocenters. The SMILES string of the molecule is CNc1cc(Nc2cccc3c2CCCC3)nc(C)n1. The summed E-state index contributed by atoms with van der Waals surface area (Å²) in [6.07, 6.45) is 4.92. The van der Waals surface area contributed by atoms with E-state index < -0.39 is 0 Å². The molecule has 0 aliphatic heterocycles. The van der Waals surface area contributed by atoms with E-state index in [-0.39, 0.29) is 0 Å². The molecule has 0 bridgehead atoms. The standard InChI is InChI=1S/C16H20N4/c1-11-18-15(17-2)10-16(19-11)20-14-9-5-7-12-6-3-4-8-13(12)14/h5,7,9-10H,3-4,6,8H2,1-2H3,(H2,17,18,19,20). The Morgan fingerprint density at radius 2 is 1.85 bits per heavy atom. The fourth-order valence-corrected chi connectivity index (χ4v) is 2.80. The topological polar surface area (TPSA) is 49.8 Å². The van der Waals surface area contributed by atoms with Gasteiger partial charge < -0.3 is 10.6 Å². The van der Waals surface area contributed by atoms with Gasteiger partial charge in [0, 0.05) is 18.8 Å². The summed E-state index contributed by atoms with van der Waals surface area (Å²) in [6, 6.07) is 8.44. The second-order valence-electron chi connectivity index (χ2n) is 5.21. The molecule has 0 amide bonds. The molecule has 0 saturated heterocycles. The molecule has 2 aromatic rings. The molecule has 0 fully saturated rings. The molecule has 0 spiro atoms. The largest absolute Gasteiger partial charge is 0.373 e. The first-order valence-corrected chi connectivity index (χ1v) is 7.17. The zero-order chi connectivity index (χ0) is 13.9. The Hall–Kier alpha value is -2.10. The average molecular weight is 268 g/mol. The van der Waals surface area contributed by atoms with Gasteiger partial charge in [0.25, 0.3) is 0 Å². The van der Waals surface area contributed by atoms with E-state index in [1.807, 2.05) is 20.0 Å². The van der Waals surface area contributed by atoms with Crippen molar-refractivity contribution in [1.82, 2.24) is 9.97 Å². The van der Waals surface area contributed by atoms with Gasteiger partial charge in [-0.15, -0.1) is 0 Å². The van der Waals surface area contributed by atoms with Gasteiger partial charge in [0.1, 0.15) is 17.5 Å². The minimum atomic E-state index is 0.768. The Labute approximate surface area is 119 Å². The van der Waals surface area contributed by atoms with Crippen LogP contribution in [0.4, 0.5) is 17.3 Å². The molecule has 0 unspecified atom stereocenters. The molecular formula is C16H20N4. The quantitative estimate of drug-likeness (QED) is 0.895. The lowest BCUT2D eigenvalue weighted by atomic mass is 9.90. The Balaban J connectivity index is 1.93. The first-order valence-electron chi connectivity index (χ1n) is 7.17. The van der Waals surface area contributed by atoms with E-state index in [1.54, 1.807) is 0 Å². The number of hydrogen-bond acceptors (Lipinski definition) is 4. The van der Waals surface area contributed by atoms with Crippen molar-refractivity contribution in [2.24, 2.45) is 0 Å². The normalized spacial score (nSPS) is 13.7. The molecule has 2 N–H and O–H groups in total. The zero-order valence-electron chi connectivity index (χ0n) is 12.0. The number of benzene rings is 1. The summed E-state index contributed by atoms with van der Waals surface area (Å²) in [4.78, 5) is 8.78. The predicted molar refractivity (Wildman–Crippen MR) is 82.7 cm³/mol. The second-order valence-corrected chi connectivity index (χ2v) is 5.21. The smallest absolute Gasteiger partial charge is 0.136 e. The number of hydrogen-bond donors (Lipinski definition) is 2. The maximum absolute atomic E-state index is 4.46. The van der Waals surface area contributed by atoms with Crippen LogP contribution in [0.5, 0.6) is 0 Å². The Kier molecular flexibility index (Phi) is 3.54. The Morgan fingerprint density at radius 1 is 1.05 bits per heavy atom. The molecule has 1 aromatic carbocycles. The number of nitrogens with one attached hydrogen (secondary N) is 2. The van der Waals surface area contributed by atoms with Crippen LogP contribution < -0.4 is 10.6 Å². The lowest BCUT2D eigenvalue weighted by Gasteiger charge is -2.20. The van der Waals surface area contributed by atoms with Gasteiger partial charge >= 0.3 is 0 Å². The molecule has 4 heteroatoms. The van der Waals surface area contributed by atoms with Crippen molar-refractivity contribution in [3.8, 4) is 0 Å². The highest BCUT2D eigenvalue weighted by Crippen LogP contribution is 2.29. The first kappa shape index (κ1) is 12.9. The van der Waals surface area contributed by atoms with Crippen LogP contribution in [-0.4, -0.2) is 17.0 Å². The van der Waals surface area contributed by atoms with Crippen molar-refractivity contribution in [2.75, 3.05) is 17.7 Å². The molecule has 0 saturated carbocycles. The first-order chi connectivity index (χ1) is 9.76. The van der Waals surface area contributed by atoms with Gasteiger partial charge in [0.2, 0.25) is 0 Å². The van der Waals surface area contributed by atoms with Crippen LogP contribution >= 0.6 is 0 Å². The van der Waals surface area contributed by atoms with E-state index >= 15 is 0 Å². The maximum atomic E-state index is 4.46. The van der Waals surface area contributed by atoms with Crippen molar-refractivity contribution in [1.29, 1.82) is 0 Å². The summed E-state index contributed by atoms with van der Waals surface area (Å²) >= 11 is 0. The average Bonchev–Trinajstić information content (AvgIpc) is 2.47. The van der Waals surface area contributed by atoms with Crippen molar-refractivity contribution in [3.05, 3.63) is 41.2 Å². The molecule has 1 aliphatic carbocycles. The van der Waals surface area contributed by atoms with E-state index in [9.17, 15) is 0 Å². The van der Waals surface area contributed by atoms with E-state index in [0.717, 1.165) is 23.9 Å². The minimum absolute atomic E-state index is 0.768. The second kappa shape index (κ2) is 5.49. The summed E-state index contributed by atoms with van der Waals surface area (Å²) in [5, 5.41) is 6.52. The number of rotatable bonds is 3. The van der Waals surface area contributed by atoms with E-state index in [1.165, 1.54) is 36.1 Å². The molecule has 1 heterocycles. The van der Waals surface area contributed by atoms with Gasteiger partial charge in [0.05, 0.1) is 0 Å². The lowest BCUT2D eigenvalue weighted by Crippen LogP contribution is -2.07. The van der Waals surface area contributed by atoms with Gasteiger partial charge in [-0.2, -0.15) is 0 Å². The highest BCUT2D eigenvalue weighted by atomic mass is 15.1. The van der Waals surface area contributed by atoms with Crippen LogP contribution in [0.25, 0.3) is 0 Å². The summed E-state index contributed by atoms with van der Waals surface area (Å²) in [7, 11) is 1.87. The number of fused-ring (bicyclic) bond motifs is 1. The third kappa shape index (κ3) is 2.59. The van der Waals surface area contributed by atoms with Gasteiger partial charge in [0.15, 0.2) is 0 Å². The van der Waals surface area contributed by atoms with Crippen molar-refractivity contribution >= 4 is 17.3 Å². The molecule has 4 nitrogen and oxygen atoms in total. The van der Waals surface area contributed by atoms with E-state index in [2.05, 4.69) is 38.8 Å². The number of anilines is 3. The monoisotopic (exact) mass is 268 g/mol. The molecule has 20 heavy (non-hydrogen) atoms. The third-order valence-electron chi connectivity index (χ3n) is 3.75. The summed E-state index contributed by atoms with van der Waals surface area (Å²) in [5.74, 6) is 2.45. The highest BCUT2D eigenvalue weighted by molar-refractivity contribution is 5.64. The van der Waals surface area contributed by atoms with Crippen LogP contribution in [0.1, 0.15) is 29.8 Å². The molecule has 1 aliphatic rings. The van der Waals surface area contributed by atoms with Crippen LogP contribution in [0.2, 0.25) is 0 Å². The molecule has 1 aromatic heterocycles. The summed E-state index contributed by atoms with van der Waals surface area (Å²) in [5.41, 5.74) is 4.10. The maximum Gasteiger partial charge on any atom is 0.136 e. The zero-order valence-corrected chi connectivity index (χ0v) is 12.0. The third-order valence-corrected chi connectivity index (χ3v) is 3.75. The molecule has 104 valence electrons. The number of aromatic nitrogens is 2. The molecule has 0 radical (unpaired) electrons. The number of aryl methyl sites for hydroxylation is 2. The van der Waals surface area contributed by atoms with Crippen molar-refractivity contribution in [3.63, 3.8) is 0 Å². The number of nitrogens with zero attached hydrogens (tertiary/aromatic N) is 2. The lowest BCUT2D eigenvalue weighted by molar-refractivity contribution is 0.687. The predicted octanol–water partition coefficient (Wildman–Crippen LogP) is 3.45. The van der Waals surface area contributed by atoms with Crippen LogP contribution in [0.3, 0.4) is 0 Å². The fourth-order valence-electron chi connectivity index (χ4n) is 2.80. The van der Waals surface area contributed by atoms with Crippen LogP contribution in [0.15, 0.2) is 24.3 Å². The highest BCUT2D eigenvalue weighted by Gasteiger charge is 2.13. The van der Waals surface area contributed by atoms with Crippen LogP contribution in [0, 0.1) is 6.92 Å². The summed E-state index contributed by atoms with van der Waals surface area (Å²) < 4.78 is 0. The van der Waals surface area contributed by atoms with Gasteiger partial charge in [-0.3, -0.25) is 0 Å². The van der Waals surface area contributed by atoms with E-state index in [0.29, 0.717) is 0 Å².